The van der Waals surface area contributed by atoms with Gasteiger partial charge in [-0.25, -0.2) is 0 Å². The van der Waals surface area contributed by atoms with Crippen LogP contribution in [-0.2, 0) is 4.79 Å². The summed E-state index contributed by atoms with van der Waals surface area (Å²) in [6.45, 7) is 10.7. The molecule has 0 aliphatic carbocycles. The van der Waals surface area contributed by atoms with Crippen LogP contribution in [0.15, 0.2) is 30.3 Å². The lowest BCUT2D eigenvalue weighted by atomic mass is 9.94. The van der Waals surface area contributed by atoms with E-state index in [-0.39, 0.29) is 18.4 Å². The van der Waals surface area contributed by atoms with E-state index in [1.807, 2.05) is 34.6 Å². The highest BCUT2D eigenvalue weighted by Gasteiger charge is 2.32. The smallest absolute Gasteiger partial charge is 0.255 e. The molecular weight excluding hydrogens is 412 g/mol. The summed E-state index contributed by atoms with van der Waals surface area (Å²) in [5.74, 6) is 1.41. The molecule has 1 heterocycles. The Bertz CT molecular complexity index is 975. The van der Waals surface area contributed by atoms with Gasteiger partial charge in [-0.3, -0.25) is 9.59 Å². The molecule has 2 aromatic carbocycles. The number of hydrogen-bond acceptors (Lipinski definition) is 6. The summed E-state index contributed by atoms with van der Waals surface area (Å²) in [5, 5.41) is 5.73. The van der Waals surface area contributed by atoms with E-state index >= 15 is 0 Å². The standard InChI is InChI=1S/C24H30N2O6/c1-6-29-19-11-15(12-20(30-7-2)21(19)31-8-3)22(27)25-16-9-10-17-18(13-16)32-14-24(4,5)23(28)26-17/h9-13H,6-8,14H2,1-5H3,(H,25,27)(H,26,28). The Labute approximate surface area is 188 Å². The highest BCUT2D eigenvalue weighted by Crippen LogP contribution is 2.39. The number of carbonyl (C=O) groups excluding carboxylic acids is 2. The van der Waals surface area contributed by atoms with Gasteiger partial charge in [0.2, 0.25) is 11.7 Å². The third-order valence-corrected chi connectivity index (χ3v) is 4.86. The zero-order valence-electron chi connectivity index (χ0n) is 19.2. The Morgan fingerprint density at radius 3 is 2.25 bits per heavy atom. The maximum atomic E-state index is 13.0. The molecule has 0 unspecified atom stereocenters. The molecule has 1 aliphatic heterocycles. The van der Waals surface area contributed by atoms with Crippen molar-refractivity contribution in [2.24, 2.45) is 5.41 Å². The normalized spacial score (nSPS) is 14.3. The molecule has 0 bridgehead atoms. The van der Waals surface area contributed by atoms with Gasteiger partial charge in [0, 0.05) is 17.3 Å². The topological polar surface area (TPSA) is 95.1 Å². The fourth-order valence-electron chi connectivity index (χ4n) is 3.16. The molecule has 0 atom stereocenters. The summed E-state index contributed by atoms with van der Waals surface area (Å²) in [4.78, 5) is 25.3. The van der Waals surface area contributed by atoms with Gasteiger partial charge in [0.15, 0.2) is 11.5 Å². The van der Waals surface area contributed by atoms with E-state index in [2.05, 4.69) is 10.6 Å². The molecule has 0 fully saturated rings. The first-order chi connectivity index (χ1) is 15.3. The van der Waals surface area contributed by atoms with Crippen molar-refractivity contribution in [1.82, 2.24) is 0 Å². The van der Waals surface area contributed by atoms with Gasteiger partial charge in [-0.2, -0.15) is 0 Å². The largest absolute Gasteiger partial charge is 0.490 e. The quantitative estimate of drug-likeness (QED) is 0.625. The van der Waals surface area contributed by atoms with Crippen molar-refractivity contribution in [2.45, 2.75) is 34.6 Å². The molecule has 2 N–H and O–H groups in total. The Hall–Kier alpha value is -3.42. The first-order valence-electron chi connectivity index (χ1n) is 10.7. The Morgan fingerprint density at radius 2 is 1.66 bits per heavy atom. The number of ether oxygens (including phenoxy) is 4. The molecule has 0 saturated carbocycles. The van der Waals surface area contributed by atoms with Gasteiger partial charge in [0.25, 0.3) is 5.91 Å². The maximum Gasteiger partial charge on any atom is 0.255 e. The SMILES string of the molecule is CCOc1cc(C(=O)Nc2ccc3c(c2)OCC(C)(C)C(=O)N3)cc(OCC)c1OCC. The van der Waals surface area contributed by atoms with Gasteiger partial charge in [-0.05, 0) is 58.9 Å². The lowest BCUT2D eigenvalue weighted by Crippen LogP contribution is -2.33. The fraction of sp³-hybridized carbons (Fsp3) is 0.417. The van der Waals surface area contributed by atoms with Crippen LogP contribution in [0, 0.1) is 5.41 Å². The molecule has 2 aromatic rings. The van der Waals surface area contributed by atoms with Crippen molar-refractivity contribution >= 4 is 23.2 Å². The molecule has 0 spiro atoms. The van der Waals surface area contributed by atoms with Crippen LogP contribution < -0.4 is 29.6 Å². The molecule has 2 amide bonds. The monoisotopic (exact) mass is 442 g/mol. The van der Waals surface area contributed by atoms with Gasteiger partial charge in [0.1, 0.15) is 12.4 Å². The second-order valence-corrected chi connectivity index (χ2v) is 7.89. The van der Waals surface area contributed by atoms with Crippen molar-refractivity contribution in [3.8, 4) is 23.0 Å². The Kier molecular flexibility index (Phi) is 7.12. The van der Waals surface area contributed by atoms with Crippen LogP contribution >= 0.6 is 0 Å². The van der Waals surface area contributed by atoms with Crippen LogP contribution in [0.2, 0.25) is 0 Å². The van der Waals surface area contributed by atoms with Crippen molar-refractivity contribution in [1.29, 1.82) is 0 Å². The molecule has 0 radical (unpaired) electrons. The Balaban J connectivity index is 1.87. The minimum absolute atomic E-state index is 0.116. The number of fused-ring (bicyclic) bond motifs is 1. The fourth-order valence-corrected chi connectivity index (χ4v) is 3.16. The van der Waals surface area contributed by atoms with E-state index in [0.717, 1.165) is 0 Å². The van der Waals surface area contributed by atoms with Gasteiger partial charge >= 0.3 is 0 Å². The molecule has 0 aromatic heterocycles. The molecule has 32 heavy (non-hydrogen) atoms. The number of carbonyl (C=O) groups is 2. The third-order valence-electron chi connectivity index (χ3n) is 4.86. The number of amides is 2. The third kappa shape index (κ3) is 5.07. The number of anilines is 2. The molecule has 172 valence electrons. The zero-order chi connectivity index (χ0) is 23.3. The molecule has 1 aliphatic rings. The van der Waals surface area contributed by atoms with Crippen LogP contribution in [0.4, 0.5) is 11.4 Å². The lowest BCUT2D eigenvalue weighted by Gasteiger charge is -2.18. The minimum Gasteiger partial charge on any atom is -0.490 e. The number of rotatable bonds is 8. The van der Waals surface area contributed by atoms with Crippen LogP contribution in [-0.4, -0.2) is 38.2 Å². The first-order valence-corrected chi connectivity index (χ1v) is 10.7. The van der Waals surface area contributed by atoms with Crippen molar-refractivity contribution < 1.29 is 28.5 Å². The van der Waals surface area contributed by atoms with E-state index in [0.29, 0.717) is 59.8 Å². The Morgan fingerprint density at radius 1 is 1.03 bits per heavy atom. The molecule has 8 heteroatoms. The van der Waals surface area contributed by atoms with E-state index in [9.17, 15) is 9.59 Å². The van der Waals surface area contributed by atoms with Crippen molar-refractivity contribution in [3.63, 3.8) is 0 Å². The van der Waals surface area contributed by atoms with Gasteiger partial charge < -0.3 is 29.6 Å². The van der Waals surface area contributed by atoms with Gasteiger partial charge in [0.05, 0.1) is 30.9 Å². The van der Waals surface area contributed by atoms with Crippen LogP contribution in [0.5, 0.6) is 23.0 Å². The summed E-state index contributed by atoms with van der Waals surface area (Å²) in [7, 11) is 0. The van der Waals surface area contributed by atoms with E-state index in [1.165, 1.54) is 0 Å². The highest BCUT2D eigenvalue weighted by atomic mass is 16.5. The molecule has 0 saturated heterocycles. The molecule has 8 nitrogen and oxygen atoms in total. The molecular formula is C24H30N2O6. The number of nitrogens with one attached hydrogen (secondary N) is 2. The lowest BCUT2D eigenvalue weighted by molar-refractivity contribution is -0.124. The summed E-state index contributed by atoms with van der Waals surface area (Å²) in [6, 6.07) is 8.38. The maximum absolute atomic E-state index is 13.0. The predicted octanol–water partition coefficient (Wildman–Crippen LogP) is 4.49. The summed E-state index contributed by atoms with van der Waals surface area (Å²) in [5.41, 5.74) is 0.811. The average Bonchev–Trinajstić information content (AvgIpc) is 2.86. The van der Waals surface area contributed by atoms with Gasteiger partial charge in [-0.15, -0.1) is 0 Å². The summed E-state index contributed by atoms with van der Waals surface area (Å²) >= 11 is 0. The second kappa shape index (κ2) is 9.80. The summed E-state index contributed by atoms with van der Waals surface area (Å²) < 4.78 is 22.9. The average molecular weight is 443 g/mol. The number of hydrogen-bond donors (Lipinski definition) is 2. The van der Waals surface area contributed by atoms with Crippen LogP contribution in [0.3, 0.4) is 0 Å². The minimum atomic E-state index is -0.657. The van der Waals surface area contributed by atoms with Crippen molar-refractivity contribution in [2.75, 3.05) is 37.1 Å². The second-order valence-electron chi connectivity index (χ2n) is 7.89. The summed E-state index contributed by atoms with van der Waals surface area (Å²) in [6.07, 6.45) is 0. The van der Waals surface area contributed by atoms with E-state index in [1.54, 1.807) is 30.3 Å². The van der Waals surface area contributed by atoms with Crippen LogP contribution in [0.25, 0.3) is 0 Å². The zero-order valence-corrected chi connectivity index (χ0v) is 19.2. The van der Waals surface area contributed by atoms with E-state index < -0.39 is 5.41 Å². The molecule has 3 rings (SSSR count). The number of benzene rings is 2. The van der Waals surface area contributed by atoms with Gasteiger partial charge in [-0.1, -0.05) is 0 Å². The van der Waals surface area contributed by atoms with Crippen LogP contribution in [0.1, 0.15) is 45.0 Å². The predicted molar refractivity (Wildman–Crippen MR) is 122 cm³/mol. The highest BCUT2D eigenvalue weighted by molar-refractivity contribution is 6.05. The first kappa shape index (κ1) is 23.2. The van der Waals surface area contributed by atoms with E-state index in [4.69, 9.17) is 18.9 Å². The van der Waals surface area contributed by atoms with Crippen molar-refractivity contribution in [3.05, 3.63) is 35.9 Å².